The van der Waals surface area contributed by atoms with Crippen molar-refractivity contribution in [1.29, 1.82) is 0 Å². The zero-order chi connectivity index (χ0) is 13.2. The third-order valence-electron chi connectivity index (χ3n) is 3.03. The second kappa shape index (κ2) is 4.98. The lowest BCUT2D eigenvalue weighted by atomic mass is 10.1. The average Bonchev–Trinajstić information content (AvgIpc) is 2.80. The van der Waals surface area contributed by atoms with E-state index in [0.29, 0.717) is 17.4 Å². The maximum absolute atomic E-state index is 6.06. The molecule has 0 aliphatic carbocycles. The number of aryl methyl sites for hydroxylation is 1. The first kappa shape index (κ1) is 12.1. The quantitative estimate of drug-likeness (QED) is 0.671. The Balaban J connectivity index is 1.86. The zero-order valence-corrected chi connectivity index (χ0v) is 11.3. The van der Waals surface area contributed by atoms with E-state index in [1.165, 1.54) is 5.56 Å². The molecule has 0 unspecified atom stereocenters. The molecule has 0 aliphatic heterocycles. The van der Waals surface area contributed by atoms with Crippen molar-refractivity contribution in [3.63, 3.8) is 0 Å². The highest BCUT2D eigenvalue weighted by atomic mass is 35.5. The van der Waals surface area contributed by atoms with Crippen molar-refractivity contribution in [2.75, 3.05) is 0 Å². The summed E-state index contributed by atoms with van der Waals surface area (Å²) in [6.45, 7) is 2.51. The normalized spacial score (nSPS) is 10.8. The van der Waals surface area contributed by atoms with Crippen molar-refractivity contribution in [2.24, 2.45) is 0 Å². The van der Waals surface area contributed by atoms with Gasteiger partial charge in [-0.15, -0.1) is 0 Å². The molecule has 96 valence electrons. The number of rotatable bonds is 3. The topological polar surface area (TPSA) is 22.4 Å². The van der Waals surface area contributed by atoms with E-state index in [4.69, 9.17) is 20.8 Å². The lowest BCUT2D eigenvalue weighted by molar-refractivity contribution is 0.306. The van der Waals surface area contributed by atoms with Crippen LogP contribution in [0.2, 0.25) is 5.02 Å². The highest BCUT2D eigenvalue weighted by Gasteiger charge is 2.07. The molecule has 0 atom stereocenters. The van der Waals surface area contributed by atoms with Crippen molar-refractivity contribution in [1.82, 2.24) is 0 Å². The van der Waals surface area contributed by atoms with Gasteiger partial charge in [0.05, 0.1) is 11.3 Å². The van der Waals surface area contributed by atoms with E-state index in [1.54, 1.807) is 6.26 Å². The highest BCUT2D eigenvalue weighted by molar-refractivity contribution is 6.32. The van der Waals surface area contributed by atoms with Crippen molar-refractivity contribution in [2.45, 2.75) is 13.5 Å². The van der Waals surface area contributed by atoms with Crippen LogP contribution in [-0.2, 0) is 6.61 Å². The summed E-state index contributed by atoms with van der Waals surface area (Å²) in [6, 6.07) is 13.6. The van der Waals surface area contributed by atoms with Gasteiger partial charge in [0.15, 0.2) is 0 Å². The van der Waals surface area contributed by atoms with Crippen molar-refractivity contribution in [3.05, 3.63) is 64.9 Å². The van der Waals surface area contributed by atoms with Gasteiger partial charge < -0.3 is 9.15 Å². The largest absolute Gasteiger partial charge is 0.487 e. The predicted octanol–water partition coefficient (Wildman–Crippen LogP) is 4.97. The zero-order valence-electron chi connectivity index (χ0n) is 10.5. The molecule has 0 fully saturated rings. The van der Waals surface area contributed by atoms with E-state index in [1.807, 2.05) is 36.4 Å². The van der Waals surface area contributed by atoms with E-state index in [0.717, 1.165) is 16.5 Å². The Morgan fingerprint density at radius 3 is 2.84 bits per heavy atom. The van der Waals surface area contributed by atoms with Crippen LogP contribution in [-0.4, -0.2) is 0 Å². The first-order valence-corrected chi connectivity index (χ1v) is 6.46. The molecule has 0 bridgehead atoms. The number of hydrogen-bond acceptors (Lipinski definition) is 2. The molecule has 0 saturated carbocycles. The van der Waals surface area contributed by atoms with Gasteiger partial charge in [-0.1, -0.05) is 35.4 Å². The summed E-state index contributed by atoms with van der Waals surface area (Å²) in [6.07, 6.45) is 1.74. The fourth-order valence-electron chi connectivity index (χ4n) is 2.02. The molecule has 0 amide bonds. The Hall–Kier alpha value is -1.93. The van der Waals surface area contributed by atoms with Crippen LogP contribution in [0.5, 0.6) is 5.75 Å². The lowest BCUT2D eigenvalue weighted by Crippen LogP contribution is -1.94. The van der Waals surface area contributed by atoms with E-state index in [-0.39, 0.29) is 0 Å². The van der Waals surface area contributed by atoms with Crippen LogP contribution in [0.4, 0.5) is 0 Å². The minimum absolute atomic E-state index is 0.445. The monoisotopic (exact) mass is 272 g/mol. The lowest BCUT2D eigenvalue weighted by Gasteiger charge is -2.06. The number of hydrogen-bond donors (Lipinski definition) is 0. The summed E-state index contributed by atoms with van der Waals surface area (Å²) in [4.78, 5) is 0. The Morgan fingerprint density at radius 1 is 1.16 bits per heavy atom. The summed E-state index contributed by atoms with van der Waals surface area (Å²) < 4.78 is 11.2. The number of benzene rings is 2. The molecule has 0 spiro atoms. The summed E-state index contributed by atoms with van der Waals surface area (Å²) >= 11 is 6.06. The van der Waals surface area contributed by atoms with Gasteiger partial charge in [0, 0.05) is 10.9 Å². The number of halogens is 1. The summed E-state index contributed by atoms with van der Waals surface area (Å²) in [7, 11) is 0. The van der Waals surface area contributed by atoms with Crippen LogP contribution < -0.4 is 4.74 Å². The molecular weight excluding hydrogens is 260 g/mol. The van der Waals surface area contributed by atoms with E-state index in [2.05, 4.69) is 13.0 Å². The smallest absolute Gasteiger partial charge is 0.138 e. The highest BCUT2D eigenvalue weighted by Crippen LogP contribution is 2.27. The van der Waals surface area contributed by atoms with Crippen LogP contribution in [0.25, 0.3) is 11.0 Å². The molecular formula is C16H13ClO2. The van der Waals surface area contributed by atoms with Crippen LogP contribution in [0.3, 0.4) is 0 Å². The second-order valence-corrected chi connectivity index (χ2v) is 4.89. The van der Waals surface area contributed by atoms with Gasteiger partial charge in [-0.25, -0.2) is 0 Å². The van der Waals surface area contributed by atoms with Crippen molar-refractivity contribution < 1.29 is 9.15 Å². The molecule has 3 rings (SSSR count). The van der Waals surface area contributed by atoms with Crippen LogP contribution in [0.1, 0.15) is 11.1 Å². The minimum Gasteiger partial charge on any atom is -0.487 e. The number of para-hydroxylation sites is 1. The van der Waals surface area contributed by atoms with Gasteiger partial charge in [-0.05, 0) is 31.2 Å². The summed E-state index contributed by atoms with van der Waals surface area (Å²) in [5.74, 6) is 0.686. The van der Waals surface area contributed by atoms with Gasteiger partial charge in [0.25, 0.3) is 0 Å². The summed E-state index contributed by atoms with van der Waals surface area (Å²) in [5.41, 5.74) is 3.11. The molecule has 1 aromatic heterocycles. The minimum atomic E-state index is 0.445. The van der Waals surface area contributed by atoms with E-state index < -0.39 is 0 Å². The van der Waals surface area contributed by atoms with Crippen molar-refractivity contribution in [3.8, 4) is 5.75 Å². The second-order valence-electron chi connectivity index (χ2n) is 4.48. The molecule has 0 saturated heterocycles. The van der Waals surface area contributed by atoms with Gasteiger partial charge in [0.2, 0.25) is 0 Å². The summed E-state index contributed by atoms with van der Waals surface area (Å²) in [5, 5.41) is 1.71. The standard InChI is InChI=1S/C16H13ClO2/c1-11-6-7-15-13(8-11)12(9-18-15)10-19-16-5-3-2-4-14(16)17/h2-9H,10H2,1H3. The number of furan rings is 1. The molecule has 0 radical (unpaired) electrons. The average molecular weight is 273 g/mol. The van der Waals surface area contributed by atoms with Gasteiger partial charge in [-0.2, -0.15) is 0 Å². The Kier molecular flexibility index (Phi) is 3.18. The van der Waals surface area contributed by atoms with Gasteiger partial charge >= 0.3 is 0 Å². The fraction of sp³-hybridized carbons (Fsp3) is 0.125. The van der Waals surface area contributed by atoms with E-state index >= 15 is 0 Å². The maximum Gasteiger partial charge on any atom is 0.138 e. The molecule has 3 heteroatoms. The molecule has 19 heavy (non-hydrogen) atoms. The Labute approximate surface area is 116 Å². The molecule has 3 aromatic rings. The molecule has 0 aliphatic rings. The van der Waals surface area contributed by atoms with E-state index in [9.17, 15) is 0 Å². The third kappa shape index (κ3) is 2.45. The Bertz CT molecular complexity index is 716. The molecule has 2 nitrogen and oxygen atoms in total. The number of ether oxygens (including phenoxy) is 1. The Morgan fingerprint density at radius 2 is 2.00 bits per heavy atom. The predicted molar refractivity (Wildman–Crippen MR) is 76.7 cm³/mol. The molecule has 1 heterocycles. The van der Waals surface area contributed by atoms with Crippen LogP contribution in [0, 0.1) is 6.92 Å². The van der Waals surface area contributed by atoms with Crippen molar-refractivity contribution >= 4 is 22.6 Å². The first-order chi connectivity index (χ1) is 9.24. The van der Waals surface area contributed by atoms with Crippen LogP contribution >= 0.6 is 11.6 Å². The third-order valence-corrected chi connectivity index (χ3v) is 3.34. The molecule has 0 N–H and O–H groups in total. The first-order valence-electron chi connectivity index (χ1n) is 6.08. The van der Waals surface area contributed by atoms with Gasteiger partial charge in [0.1, 0.15) is 17.9 Å². The van der Waals surface area contributed by atoms with Crippen LogP contribution in [0.15, 0.2) is 53.1 Å². The maximum atomic E-state index is 6.06. The molecule has 2 aromatic carbocycles. The number of fused-ring (bicyclic) bond motifs is 1. The van der Waals surface area contributed by atoms with Gasteiger partial charge in [-0.3, -0.25) is 0 Å². The fourth-order valence-corrected chi connectivity index (χ4v) is 2.21. The SMILES string of the molecule is Cc1ccc2occ(COc3ccccc3Cl)c2c1.